The van der Waals surface area contributed by atoms with E-state index in [4.69, 9.17) is 0 Å². The Hall–Kier alpha value is -1.64. The SMILES string of the molecule is Cc1ccc(C(=O)C(C)N(C)C(=O)CC2CCCCC2)cc1C. The van der Waals surface area contributed by atoms with Gasteiger partial charge in [0.25, 0.3) is 0 Å². The molecule has 0 heterocycles. The van der Waals surface area contributed by atoms with Gasteiger partial charge in [0.05, 0.1) is 6.04 Å². The van der Waals surface area contributed by atoms with Crippen molar-refractivity contribution in [1.29, 1.82) is 0 Å². The third kappa shape index (κ3) is 4.43. The zero-order valence-corrected chi connectivity index (χ0v) is 14.9. The quantitative estimate of drug-likeness (QED) is 0.760. The Morgan fingerprint density at radius 2 is 1.78 bits per heavy atom. The number of carbonyl (C=O) groups excluding carboxylic acids is 2. The van der Waals surface area contributed by atoms with E-state index in [9.17, 15) is 9.59 Å². The molecule has 1 unspecified atom stereocenters. The predicted octanol–water partition coefficient (Wildman–Crippen LogP) is 4.30. The van der Waals surface area contributed by atoms with Crippen molar-refractivity contribution < 1.29 is 9.59 Å². The first kappa shape index (κ1) is 17.7. The molecule has 3 heteroatoms. The van der Waals surface area contributed by atoms with Crippen molar-refractivity contribution in [2.75, 3.05) is 7.05 Å². The number of hydrogen-bond donors (Lipinski definition) is 0. The molecule has 1 amide bonds. The number of likely N-dealkylation sites (N-methyl/N-ethyl adjacent to an activating group) is 1. The molecule has 0 radical (unpaired) electrons. The van der Waals surface area contributed by atoms with Crippen molar-refractivity contribution in [3.63, 3.8) is 0 Å². The fraction of sp³-hybridized carbons (Fsp3) is 0.600. The Morgan fingerprint density at radius 3 is 2.39 bits per heavy atom. The lowest BCUT2D eigenvalue weighted by molar-refractivity contribution is -0.132. The van der Waals surface area contributed by atoms with Crippen molar-refractivity contribution in [2.24, 2.45) is 5.92 Å². The van der Waals surface area contributed by atoms with Gasteiger partial charge in [-0.25, -0.2) is 0 Å². The summed E-state index contributed by atoms with van der Waals surface area (Å²) in [6.07, 6.45) is 6.65. The van der Waals surface area contributed by atoms with E-state index in [0.717, 1.165) is 18.4 Å². The number of Topliss-reactive ketones (excluding diaryl/α,β-unsaturated/α-hetero) is 1. The lowest BCUT2D eigenvalue weighted by Crippen LogP contribution is -2.41. The summed E-state index contributed by atoms with van der Waals surface area (Å²) in [6.45, 7) is 5.87. The van der Waals surface area contributed by atoms with Gasteiger partial charge in [-0.15, -0.1) is 0 Å². The maximum absolute atomic E-state index is 12.7. The van der Waals surface area contributed by atoms with Gasteiger partial charge in [-0.1, -0.05) is 31.4 Å². The Bertz CT molecular complexity index is 573. The van der Waals surface area contributed by atoms with Crippen molar-refractivity contribution in [1.82, 2.24) is 4.90 Å². The normalized spacial score (nSPS) is 16.9. The topological polar surface area (TPSA) is 37.4 Å². The van der Waals surface area contributed by atoms with Crippen LogP contribution in [0.3, 0.4) is 0 Å². The molecule has 1 aromatic rings. The summed E-state index contributed by atoms with van der Waals surface area (Å²) in [7, 11) is 1.76. The summed E-state index contributed by atoms with van der Waals surface area (Å²) in [4.78, 5) is 26.8. The first-order chi connectivity index (χ1) is 10.9. The summed E-state index contributed by atoms with van der Waals surface area (Å²) >= 11 is 0. The van der Waals surface area contributed by atoms with Crippen LogP contribution in [0.2, 0.25) is 0 Å². The van der Waals surface area contributed by atoms with Crippen molar-refractivity contribution in [3.8, 4) is 0 Å². The minimum absolute atomic E-state index is 0.0209. The van der Waals surface area contributed by atoms with Gasteiger partial charge in [0, 0.05) is 19.0 Å². The van der Waals surface area contributed by atoms with E-state index < -0.39 is 6.04 Å². The number of nitrogens with zero attached hydrogens (tertiary/aromatic N) is 1. The van der Waals surface area contributed by atoms with Crippen LogP contribution in [0.1, 0.15) is 66.9 Å². The van der Waals surface area contributed by atoms with Crippen LogP contribution in [-0.2, 0) is 4.79 Å². The van der Waals surface area contributed by atoms with Gasteiger partial charge in [-0.3, -0.25) is 9.59 Å². The fourth-order valence-corrected chi connectivity index (χ4v) is 3.31. The molecule has 126 valence electrons. The third-order valence-electron chi connectivity index (χ3n) is 5.33. The van der Waals surface area contributed by atoms with E-state index in [-0.39, 0.29) is 11.7 Å². The fourth-order valence-electron chi connectivity index (χ4n) is 3.31. The molecule has 3 nitrogen and oxygen atoms in total. The number of ketones is 1. The van der Waals surface area contributed by atoms with Crippen molar-refractivity contribution >= 4 is 11.7 Å². The number of aryl methyl sites for hydroxylation is 2. The molecule has 1 aliphatic carbocycles. The standard InChI is InChI=1S/C20H29NO2/c1-14-10-11-18(12-15(14)2)20(23)16(3)21(4)19(22)13-17-8-6-5-7-9-17/h10-12,16-17H,5-9,13H2,1-4H3. The molecule has 0 saturated heterocycles. The Morgan fingerprint density at radius 1 is 1.13 bits per heavy atom. The number of hydrogen-bond acceptors (Lipinski definition) is 2. The molecule has 0 spiro atoms. The average Bonchev–Trinajstić information content (AvgIpc) is 2.56. The average molecular weight is 315 g/mol. The maximum Gasteiger partial charge on any atom is 0.223 e. The third-order valence-corrected chi connectivity index (χ3v) is 5.33. The van der Waals surface area contributed by atoms with E-state index in [1.54, 1.807) is 11.9 Å². The van der Waals surface area contributed by atoms with Crippen LogP contribution in [0, 0.1) is 19.8 Å². The van der Waals surface area contributed by atoms with Crippen molar-refractivity contribution in [3.05, 3.63) is 34.9 Å². The molecular weight excluding hydrogens is 286 g/mol. The molecule has 1 aliphatic rings. The van der Waals surface area contributed by atoms with Gasteiger partial charge in [0.15, 0.2) is 5.78 Å². The highest BCUT2D eigenvalue weighted by molar-refractivity contribution is 6.01. The van der Waals surface area contributed by atoms with Crippen LogP contribution < -0.4 is 0 Å². The predicted molar refractivity (Wildman–Crippen MR) is 93.7 cm³/mol. The van der Waals surface area contributed by atoms with Gasteiger partial charge in [-0.2, -0.15) is 0 Å². The number of rotatable bonds is 5. The smallest absolute Gasteiger partial charge is 0.223 e. The van der Waals surface area contributed by atoms with Crippen LogP contribution in [0.25, 0.3) is 0 Å². The monoisotopic (exact) mass is 315 g/mol. The van der Waals surface area contributed by atoms with Gasteiger partial charge >= 0.3 is 0 Å². The van der Waals surface area contributed by atoms with Crippen LogP contribution in [0.5, 0.6) is 0 Å². The summed E-state index contributed by atoms with van der Waals surface area (Å²) in [6, 6.07) is 5.35. The van der Waals surface area contributed by atoms with Gasteiger partial charge in [-0.05, 0) is 56.7 Å². The summed E-state index contributed by atoms with van der Waals surface area (Å²) in [5.74, 6) is 0.622. The number of benzene rings is 1. The second-order valence-electron chi connectivity index (χ2n) is 7.05. The lowest BCUT2D eigenvalue weighted by atomic mass is 9.86. The van der Waals surface area contributed by atoms with E-state index in [0.29, 0.717) is 17.9 Å². The highest BCUT2D eigenvalue weighted by atomic mass is 16.2. The zero-order chi connectivity index (χ0) is 17.0. The highest BCUT2D eigenvalue weighted by Gasteiger charge is 2.26. The Labute approximate surface area is 140 Å². The van der Waals surface area contributed by atoms with E-state index in [1.807, 2.05) is 39.0 Å². The molecule has 1 fully saturated rings. The molecule has 23 heavy (non-hydrogen) atoms. The minimum atomic E-state index is -0.409. The highest BCUT2D eigenvalue weighted by Crippen LogP contribution is 2.27. The van der Waals surface area contributed by atoms with E-state index in [1.165, 1.54) is 24.8 Å². The largest absolute Gasteiger partial charge is 0.336 e. The Kier molecular flexibility index (Phi) is 5.97. The second-order valence-corrected chi connectivity index (χ2v) is 7.05. The molecule has 0 bridgehead atoms. The molecule has 0 aliphatic heterocycles. The Balaban J connectivity index is 1.99. The van der Waals surface area contributed by atoms with Gasteiger partial charge < -0.3 is 4.90 Å². The molecule has 1 atom stereocenters. The van der Waals surface area contributed by atoms with Gasteiger partial charge in [0.1, 0.15) is 0 Å². The molecule has 1 aromatic carbocycles. The zero-order valence-electron chi connectivity index (χ0n) is 14.9. The summed E-state index contributed by atoms with van der Waals surface area (Å²) in [5, 5.41) is 0. The number of amides is 1. The summed E-state index contributed by atoms with van der Waals surface area (Å²) in [5.41, 5.74) is 2.98. The van der Waals surface area contributed by atoms with Crippen LogP contribution >= 0.6 is 0 Å². The maximum atomic E-state index is 12.7. The van der Waals surface area contributed by atoms with E-state index in [2.05, 4.69) is 0 Å². The van der Waals surface area contributed by atoms with Crippen LogP contribution in [0.15, 0.2) is 18.2 Å². The minimum Gasteiger partial charge on any atom is -0.336 e. The first-order valence-electron chi connectivity index (χ1n) is 8.77. The first-order valence-corrected chi connectivity index (χ1v) is 8.77. The lowest BCUT2D eigenvalue weighted by Gasteiger charge is -2.27. The molecule has 1 saturated carbocycles. The van der Waals surface area contributed by atoms with E-state index >= 15 is 0 Å². The molecule has 0 aromatic heterocycles. The molecular formula is C20H29NO2. The van der Waals surface area contributed by atoms with Crippen molar-refractivity contribution in [2.45, 2.75) is 65.3 Å². The molecule has 2 rings (SSSR count). The van der Waals surface area contributed by atoms with Crippen LogP contribution in [-0.4, -0.2) is 29.7 Å². The molecule has 0 N–H and O–H groups in total. The second kappa shape index (κ2) is 7.76. The summed E-state index contributed by atoms with van der Waals surface area (Å²) < 4.78 is 0. The van der Waals surface area contributed by atoms with Gasteiger partial charge in [0.2, 0.25) is 5.91 Å². The number of carbonyl (C=O) groups is 2. The van der Waals surface area contributed by atoms with Crippen LogP contribution in [0.4, 0.5) is 0 Å².